The van der Waals surface area contributed by atoms with Crippen LogP contribution in [-0.4, -0.2) is 0 Å². The van der Waals surface area contributed by atoms with Gasteiger partial charge in [-0.25, -0.2) is 0 Å². The van der Waals surface area contributed by atoms with E-state index >= 15 is 0 Å². The lowest BCUT2D eigenvalue weighted by atomic mass is 9.84. The number of nitrogens with two attached hydrogens (primary N) is 2. The minimum absolute atomic E-state index is 0.376. The fraction of sp³-hybridized carbons (Fsp3) is 0.246. The van der Waals surface area contributed by atoms with E-state index < -0.39 is 0 Å². The number of allylic oxidation sites excluding steroid dienone is 2. The molecule has 1 heterocycles. The number of anilines is 2. The van der Waals surface area contributed by atoms with Gasteiger partial charge in [-0.1, -0.05) is 241 Å². The van der Waals surface area contributed by atoms with Gasteiger partial charge in [0.25, 0.3) is 0 Å². The van der Waals surface area contributed by atoms with Crippen LogP contribution in [0.4, 0.5) is 11.4 Å². The molecular weight excluding hydrogens is 873 g/mol. The Morgan fingerprint density at radius 3 is 1.76 bits per heavy atom. The lowest BCUT2D eigenvalue weighted by molar-refractivity contribution is 0.577. The van der Waals surface area contributed by atoms with Crippen molar-refractivity contribution in [1.82, 2.24) is 0 Å². The summed E-state index contributed by atoms with van der Waals surface area (Å²) in [5.74, 6) is 1.89. The molecule has 0 fully saturated rings. The summed E-state index contributed by atoms with van der Waals surface area (Å²) in [5.41, 5.74) is 29.7. The highest BCUT2D eigenvalue weighted by molar-refractivity contribution is 6.18. The van der Waals surface area contributed by atoms with Gasteiger partial charge in [-0.15, -0.1) is 0 Å². The van der Waals surface area contributed by atoms with E-state index in [-0.39, 0.29) is 0 Å². The van der Waals surface area contributed by atoms with Crippen molar-refractivity contribution in [3.8, 4) is 11.1 Å². The van der Waals surface area contributed by atoms with E-state index in [1.54, 1.807) is 0 Å². The van der Waals surface area contributed by atoms with E-state index in [1.807, 2.05) is 30.3 Å². The molecule has 0 amide bonds. The SMILES string of the molecule is C=c1ccc2c(C(C)C)cc(N)c3ccc(/C(=C\c4ccc(C(C)C)cc4)C(C)C)c1c32.C=c1oc2ccccc2/c1=C/C=C\c1ccc(C(C)C)cc1.CCC.Cc1ccccc1-c1cccc(N)c1C. The molecule has 3 nitrogen and oxygen atoms in total. The zero-order valence-corrected chi connectivity index (χ0v) is 45.2. The minimum Gasteiger partial charge on any atom is -0.457 e. The molecule has 370 valence electrons. The van der Waals surface area contributed by atoms with Gasteiger partial charge in [-0.2, -0.15) is 0 Å². The number of nitrogen functional groups attached to an aromatic ring is 2. The number of hydrogen-bond acceptors (Lipinski definition) is 3. The Hall–Kier alpha value is -7.36. The number of furan rings is 1. The van der Waals surface area contributed by atoms with Gasteiger partial charge in [-0.3, -0.25) is 0 Å². The third-order valence-electron chi connectivity index (χ3n) is 13.3. The highest BCUT2D eigenvalue weighted by Gasteiger charge is 2.18. The Morgan fingerprint density at radius 1 is 0.569 bits per heavy atom. The van der Waals surface area contributed by atoms with Crippen LogP contribution in [0, 0.1) is 19.8 Å². The molecular formula is C69H78N2O. The van der Waals surface area contributed by atoms with Crippen LogP contribution >= 0.6 is 0 Å². The van der Waals surface area contributed by atoms with Crippen LogP contribution in [0.25, 0.3) is 80.6 Å². The first-order chi connectivity index (χ1) is 34.4. The molecule has 0 bridgehead atoms. The van der Waals surface area contributed by atoms with Crippen molar-refractivity contribution in [2.75, 3.05) is 11.5 Å². The molecule has 0 saturated heterocycles. The van der Waals surface area contributed by atoms with Crippen LogP contribution in [0.1, 0.15) is 138 Å². The van der Waals surface area contributed by atoms with Crippen LogP contribution in [0.2, 0.25) is 0 Å². The van der Waals surface area contributed by atoms with E-state index in [0.29, 0.717) is 29.1 Å². The molecule has 0 saturated carbocycles. The van der Waals surface area contributed by atoms with Gasteiger partial charge in [0, 0.05) is 27.4 Å². The Labute approximate surface area is 431 Å². The number of para-hydroxylation sites is 1. The van der Waals surface area contributed by atoms with Crippen LogP contribution in [-0.2, 0) is 0 Å². The van der Waals surface area contributed by atoms with E-state index in [2.05, 4.69) is 236 Å². The van der Waals surface area contributed by atoms with Gasteiger partial charge >= 0.3 is 0 Å². The fourth-order valence-electron chi connectivity index (χ4n) is 9.17. The van der Waals surface area contributed by atoms with Crippen molar-refractivity contribution in [2.45, 2.75) is 107 Å². The summed E-state index contributed by atoms with van der Waals surface area (Å²) in [4.78, 5) is 0. The molecule has 0 aliphatic carbocycles. The number of benzene rings is 8. The molecule has 1 aromatic heterocycles. The highest BCUT2D eigenvalue weighted by atomic mass is 16.3. The molecule has 0 aliphatic heterocycles. The first-order valence-corrected chi connectivity index (χ1v) is 25.9. The van der Waals surface area contributed by atoms with E-state index in [1.165, 1.54) is 78.2 Å². The second-order valence-electron chi connectivity index (χ2n) is 20.3. The van der Waals surface area contributed by atoms with E-state index in [4.69, 9.17) is 15.9 Å². The maximum absolute atomic E-state index is 6.54. The summed E-state index contributed by atoms with van der Waals surface area (Å²) in [6.07, 6.45) is 9.81. The summed E-state index contributed by atoms with van der Waals surface area (Å²) < 4.78 is 5.67. The average molecular weight is 951 g/mol. The second-order valence-corrected chi connectivity index (χ2v) is 20.3. The first kappa shape index (κ1) is 54.0. The Morgan fingerprint density at radius 2 is 1.15 bits per heavy atom. The van der Waals surface area contributed by atoms with E-state index in [9.17, 15) is 0 Å². The number of rotatable bonds is 9. The number of fused-ring (bicyclic) bond motifs is 1. The van der Waals surface area contributed by atoms with Crippen LogP contribution in [0.15, 0.2) is 156 Å². The molecule has 0 spiro atoms. The van der Waals surface area contributed by atoms with Gasteiger partial charge in [0.1, 0.15) is 11.0 Å². The average Bonchev–Trinajstić information content (AvgIpc) is 3.68. The zero-order chi connectivity index (χ0) is 52.2. The molecule has 8 aromatic carbocycles. The highest BCUT2D eigenvalue weighted by Crippen LogP contribution is 2.40. The summed E-state index contributed by atoms with van der Waals surface area (Å²) in [6, 6.07) is 51.1. The van der Waals surface area contributed by atoms with Crippen LogP contribution in [0.5, 0.6) is 0 Å². The maximum atomic E-state index is 6.54. The largest absolute Gasteiger partial charge is 0.457 e. The molecule has 0 aliphatic rings. The van der Waals surface area contributed by atoms with Crippen molar-refractivity contribution >= 4 is 80.8 Å². The predicted octanol–water partition coefficient (Wildman–Crippen LogP) is 17.6. The lowest BCUT2D eigenvalue weighted by Crippen LogP contribution is -2.17. The lowest BCUT2D eigenvalue weighted by Gasteiger charge is -2.20. The maximum Gasteiger partial charge on any atom is 0.135 e. The third kappa shape index (κ3) is 12.7. The minimum atomic E-state index is 0.376. The van der Waals surface area contributed by atoms with Gasteiger partial charge < -0.3 is 15.9 Å². The Balaban J connectivity index is 0.000000183. The quantitative estimate of drug-likeness (QED) is 0.112. The van der Waals surface area contributed by atoms with Crippen LogP contribution < -0.4 is 27.3 Å². The normalized spacial score (nSPS) is 11.9. The Kier molecular flexibility index (Phi) is 18.5. The fourth-order valence-corrected chi connectivity index (χ4v) is 9.17. The van der Waals surface area contributed by atoms with Crippen molar-refractivity contribution in [1.29, 1.82) is 0 Å². The monoisotopic (exact) mass is 951 g/mol. The topological polar surface area (TPSA) is 65.2 Å². The molecule has 9 aromatic rings. The van der Waals surface area contributed by atoms with Gasteiger partial charge in [-0.05, 0) is 138 Å². The zero-order valence-electron chi connectivity index (χ0n) is 45.2. The molecule has 0 atom stereocenters. The molecule has 72 heavy (non-hydrogen) atoms. The number of hydrogen-bond donors (Lipinski definition) is 2. The summed E-state index contributed by atoms with van der Waals surface area (Å²) >= 11 is 0. The van der Waals surface area contributed by atoms with Gasteiger partial charge in [0.2, 0.25) is 0 Å². The summed E-state index contributed by atoms with van der Waals surface area (Å²) in [6.45, 7) is 34.7. The molecule has 0 radical (unpaired) electrons. The Bertz CT molecular complexity index is 3470. The molecule has 3 heteroatoms. The van der Waals surface area contributed by atoms with Gasteiger partial charge in [0.05, 0.1) is 0 Å². The summed E-state index contributed by atoms with van der Waals surface area (Å²) in [5, 5.41) is 8.10. The van der Waals surface area contributed by atoms with Gasteiger partial charge in [0.15, 0.2) is 0 Å². The van der Waals surface area contributed by atoms with Crippen molar-refractivity contribution < 1.29 is 4.42 Å². The number of aryl methyl sites for hydroxylation is 1. The summed E-state index contributed by atoms with van der Waals surface area (Å²) in [7, 11) is 0. The molecule has 9 rings (SSSR count). The van der Waals surface area contributed by atoms with Crippen LogP contribution in [0.3, 0.4) is 0 Å². The second kappa shape index (κ2) is 24.7. The smallest absolute Gasteiger partial charge is 0.135 e. The molecule has 0 unspecified atom stereocenters. The van der Waals surface area contributed by atoms with Crippen molar-refractivity contribution in [2.24, 2.45) is 5.92 Å². The first-order valence-electron chi connectivity index (χ1n) is 25.9. The standard InChI is InChI=1S/C31H35N.C21H20O.C14H15N.C3H8/c1-18(2)23-11-9-22(10-12-23)16-27(19(3)4)24-14-15-26-29(32)17-28(20(5)6)25-13-8-21(7)30(24)31(25)26;1-15(2)18-13-11-17(12-14-18)7-6-9-19-16(3)22-21-10-5-4-8-20(19)21;1-10-6-3-4-7-12(10)13-8-5-9-14(15)11(13)2;1-3-2/h8-20H,7,32H2,1-6H3;4-15H,3H2,1-2H3;3-9H,15H2,1-2H3;3H2,1-2H3/b27-16-;7-6-,19-9+;;. The van der Waals surface area contributed by atoms with Crippen molar-refractivity contribution in [3.05, 3.63) is 212 Å². The predicted molar refractivity (Wildman–Crippen MR) is 321 cm³/mol. The van der Waals surface area contributed by atoms with E-state index in [0.717, 1.165) is 43.7 Å². The van der Waals surface area contributed by atoms with Crippen molar-refractivity contribution in [3.63, 3.8) is 0 Å². The third-order valence-corrected chi connectivity index (χ3v) is 13.3. The molecule has 4 N–H and O–H groups in total.